The molecule has 0 bridgehead atoms. The van der Waals surface area contributed by atoms with Crippen LogP contribution in [0.15, 0.2) is 4.99 Å². The molecule has 0 aliphatic carbocycles. The van der Waals surface area contributed by atoms with E-state index in [1.165, 1.54) is 9.80 Å². The van der Waals surface area contributed by atoms with Crippen LogP contribution in [0.5, 0.6) is 0 Å². The summed E-state index contributed by atoms with van der Waals surface area (Å²) in [5.41, 5.74) is 16.5. The van der Waals surface area contributed by atoms with Gasteiger partial charge in [-0.15, -0.1) is 0 Å². The lowest BCUT2D eigenvalue weighted by Crippen LogP contribution is -2.54. The van der Waals surface area contributed by atoms with Crippen LogP contribution in [0.25, 0.3) is 0 Å². The molecule has 1 unspecified atom stereocenters. The van der Waals surface area contributed by atoms with Gasteiger partial charge in [-0.1, -0.05) is 0 Å². The zero-order valence-electron chi connectivity index (χ0n) is 14.8. The van der Waals surface area contributed by atoms with Gasteiger partial charge in [0.2, 0.25) is 11.8 Å². The molecule has 0 aromatic carbocycles. The molecule has 2 heterocycles. The van der Waals surface area contributed by atoms with Crippen molar-refractivity contribution in [3.05, 3.63) is 0 Å². The van der Waals surface area contributed by atoms with Crippen molar-refractivity contribution in [3.8, 4) is 0 Å². The quantitative estimate of drug-likeness (QED) is 0.239. The molecule has 10 nitrogen and oxygen atoms in total. The SMILES string of the molecule is NC(N)=NCCCC(N)C(=O)N1CCC[C@H]1C(=O)N1CCC[C@H]1C(=O)O. The Morgan fingerprint density at radius 2 is 1.69 bits per heavy atom. The van der Waals surface area contributed by atoms with Crippen LogP contribution in [-0.2, 0) is 14.4 Å². The highest BCUT2D eigenvalue weighted by Crippen LogP contribution is 2.25. The summed E-state index contributed by atoms with van der Waals surface area (Å²) in [6.07, 6.45) is 3.32. The Bertz CT molecular complexity index is 577. The first-order valence-electron chi connectivity index (χ1n) is 8.97. The predicted octanol–water partition coefficient (Wildman–Crippen LogP) is -1.57. The highest BCUT2D eigenvalue weighted by atomic mass is 16.4. The van der Waals surface area contributed by atoms with Crippen molar-refractivity contribution in [2.75, 3.05) is 19.6 Å². The number of rotatable bonds is 7. The molecule has 2 saturated heterocycles. The predicted molar refractivity (Wildman–Crippen MR) is 95.0 cm³/mol. The van der Waals surface area contributed by atoms with E-state index >= 15 is 0 Å². The Labute approximate surface area is 152 Å². The number of hydrogen-bond donors (Lipinski definition) is 4. The van der Waals surface area contributed by atoms with Gasteiger partial charge in [-0.25, -0.2) is 4.79 Å². The second-order valence-corrected chi connectivity index (χ2v) is 6.77. The first-order valence-corrected chi connectivity index (χ1v) is 8.97. The van der Waals surface area contributed by atoms with E-state index in [0.717, 1.165) is 0 Å². The second kappa shape index (κ2) is 8.84. The van der Waals surface area contributed by atoms with Gasteiger partial charge < -0.3 is 32.1 Å². The number of carbonyl (C=O) groups is 3. The van der Waals surface area contributed by atoms with Gasteiger partial charge in [-0.3, -0.25) is 14.6 Å². The van der Waals surface area contributed by atoms with E-state index in [0.29, 0.717) is 58.2 Å². The van der Waals surface area contributed by atoms with Crippen molar-refractivity contribution in [1.82, 2.24) is 9.80 Å². The summed E-state index contributed by atoms with van der Waals surface area (Å²) in [6.45, 7) is 1.26. The summed E-state index contributed by atoms with van der Waals surface area (Å²) in [5.74, 6) is -1.57. The third kappa shape index (κ3) is 4.63. The summed E-state index contributed by atoms with van der Waals surface area (Å²) in [6, 6.07) is -2.15. The number of aliphatic carboxylic acids is 1. The van der Waals surface area contributed by atoms with Gasteiger partial charge in [-0.05, 0) is 38.5 Å². The fourth-order valence-corrected chi connectivity index (χ4v) is 3.62. The van der Waals surface area contributed by atoms with Crippen molar-refractivity contribution >= 4 is 23.7 Å². The van der Waals surface area contributed by atoms with E-state index in [-0.39, 0.29) is 17.8 Å². The molecule has 146 valence electrons. The zero-order chi connectivity index (χ0) is 19.3. The molecule has 26 heavy (non-hydrogen) atoms. The third-order valence-electron chi connectivity index (χ3n) is 4.93. The number of likely N-dealkylation sites (tertiary alicyclic amines) is 2. The van der Waals surface area contributed by atoms with Crippen LogP contribution in [0.1, 0.15) is 38.5 Å². The standard InChI is InChI=1S/C16H28N6O4/c17-10(4-1-7-20-16(18)19)13(23)21-8-2-5-11(21)14(24)22-9-3-6-12(22)15(25)26/h10-12H,1-9,17H2,(H,25,26)(H4,18,19,20)/t10?,11-,12-/m0/s1. The van der Waals surface area contributed by atoms with Crippen molar-refractivity contribution in [2.45, 2.75) is 56.7 Å². The monoisotopic (exact) mass is 368 g/mol. The lowest BCUT2D eigenvalue weighted by molar-refractivity contribution is -0.152. The number of amides is 2. The maximum Gasteiger partial charge on any atom is 0.326 e. The zero-order valence-corrected chi connectivity index (χ0v) is 14.8. The van der Waals surface area contributed by atoms with Crippen LogP contribution < -0.4 is 17.2 Å². The van der Waals surface area contributed by atoms with Crippen molar-refractivity contribution in [2.24, 2.45) is 22.2 Å². The summed E-state index contributed by atoms with van der Waals surface area (Å²) in [5, 5.41) is 9.28. The molecule has 10 heteroatoms. The molecule has 0 aromatic rings. The molecule has 2 fully saturated rings. The first kappa shape index (κ1) is 20.0. The topological polar surface area (TPSA) is 168 Å². The van der Waals surface area contributed by atoms with E-state index in [1.807, 2.05) is 0 Å². The van der Waals surface area contributed by atoms with Crippen molar-refractivity contribution < 1.29 is 19.5 Å². The van der Waals surface area contributed by atoms with Gasteiger partial charge in [0.1, 0.15) is 12.1 Å². The minimum Gasteiger partial charge on any atom is -0.480 e. The number of hydrogen-bond acceptors (Lipinski definition) is 5. The number of carbonyl (C=O) groups excluding carboxylic acids is 2. The van der Waals surface area contributed by atoms with Gasteiger partial charge in [-0.2, -0.15) is 0 Å². The summed E-state index contributed by atoms with van der Waals surface area (Å²) >= 11 is 0. The summed E-state index contributed by atoms with van der Waals surface area (Å²) < 4.78 is 0. The maximum atomic E-state index is 12.8. The van der Waals surface area contributed by atoms with Crippen LogP contribution in [-0.4, -0.2) is 76.4 Å². The normalized spacial score (nSPS) is 23.7. The number of carboxylic acids is 1. The molecule has 0 radical (unpaired) electrons. The van der Waals surface area contributed by atoms with Crippen molar-refractivity contribution in [1.29, 1.82) is 0 Å². The van der Waals surface area contributed by atoms with E-state index < -0.39 is 24.1 Å². The number of nitrogens with two attached hydrogens (primary N) is 3. The molecular weight excluding hydrogens is 340 g/mol. The maximum absolute atomic E-state index is 12.8. The van der Waals surface area contributed by atoms with Crippen LogP contribution in [0.4, 0.5) is 0 Å². The fourth-order valence-electron chi connectivity index (χ4n) is 3.62. The van der Waals surface area contributed by atoms with Crippen LogP contribution >= 0.6 is 0 Å². The molecule has 2 aliphatic heterocycles. The van der Waals surface area contributed by atoms with E-state index in [2.05, 4.69) is 4.99 Å². The molecule has 0 spiro atoms. The Hall–Kier alpha value is -2.36. The molecule has 0 aromatic heterocycles. The minimum absolute atomic E-state index is 0.00583. The third-order valence-corrected chi connectivity index (χ3v) is 4.93. The van der Waals surface area contributed by atoms with Crippen molar-refractivity contribution in [3.63, 3.8) is 0 Å². The molecule has 0 saturated carbocycles. The van der Waals surface area contributed by atoms with Gasteiger partial charge in [0, 0.05) is 19.6 Å². The fraction of sp³-hybridized carbons (Fsp3) is 0.750. The Morgan fingerprint density at radius 1 is 1.08 bits per heavy atom. The van der Waals surface area contributed by atoms with Gasteiger partial charge in [0.25, 0.3) is 0 Å². The molecule has 7 N–H and O–H groups in total. The second-order valence-electron chi connectivity index (χ2n) is 6.77. The first-order chi connectivity index (χ1) is 12.3. The molecular formula is C16H28N6O4. The molecule has 2 amide bonds. The summed E-state index contributed by atoms with van der Waals surface area (Å²) in [4.78, 5) is 43.5. The highest BCUT2D eigenvalue weighted by Gasteiger charge is 2.42. The average molecular weight is 368 g/mol. The number of guanidine groups is 1. The van der Waals surface area contributed by atoms with Gasteiger partial charge >= 0.3 is 5.97 Å². The molecule has 2 rings (SSSR count). The largest absolute Gasteiger partial charge is 0.480 e. The average Bonchev–Trinajstić information content (AvgIpc) is 3.25. The Kier molecular flexibility index (Phi) is 6.78. The number of nitrogens with zero attached hydrogens (tertiary/aromatic N) is 3. The number of aliphatic imine (C=N–C) groups is 1. The molecule has 3 atom stereocenters. The minimum atomic E-state index is -0.997. The van der Waals surface area contributed by atoms with E-state index in [9.17, 15) is 19.5 Å². The van der Waals surface area contributed by atoms with Gasteiger partial charge in [0.05, 0.1) is 6.04 Å². The van der Waals surface area contributed by atoms with E-state index in [1.54, 1.807) is 0 Å². The summed E-state index contributed by atoms with van der Waals surface area (Å²) in [7, 11) is 0. The highest BCUT2D eigenvalue weighted by molar-refractivity contribution is 5.92. The Balaban J connectivity index is 1.95. The van der Waals surface area contributed by atoms with Crippen LogP contribution in [0, 0.1) is 0 Å². The lowest BCUT2D eigenvalue weighted by Gasteiger charge is -2.31. The van der Waals surface area contributed by atoms with Crippen LogP contribution in [0.3, 0.4) is 0 Å². The smallest absolute Gasteiger partial charge is 0.326 e. The lowest BCUT2D eigenvalue weighted by atomic mass is 10.1. The number of carboxylic acid groups (broad SMARTS) is 1. The van der Waals surface area contributed by atoms with Gasteiger partial charge in [0.15, 0.2) is 5.96 Å². The molecule has 2 aliphatic rings. The van der Waals surface area contributed by atoms with Crippen LogP contribution in [0.2, 0.25) is 0 Å². The van der Waals surface area contributed by atoms with E-state index in [4.69, 9.17) is 17.2 Å². The Morgan fingerprint density at radius 3 is 2.31 bits per heavy atom.